The van der Waals surface area contributed by atoms with E-state index in [1.807, 2.05) is 26.8 Å². The first-order chi connectivity index (χ1) is 19.2. The Labute approximate surface area is 245 Å². The van der Waals surface area contributed by atoms with E-state index in [1.165, 1.54) is 22.9 Å². The second-order valence-corrected chi connectivity index (χ2v) is 14.9. The number of hydrogen-bond acceptors (Lipinski definition) is 8. The third kappa shape index (κ3) is 5.08. The van der Waals surface area contributed by atoms with Crippen LogP contribution in [0.5, 0.6) is 0 Å². The quantitative estimate of drug-likeness (QED) is 0.266. The first-order valence-corrected chi connectivity index (χ1v) is 15.7. The molecule has 4 aromatic rings. The lowest BCUT2D eigenvalue weighted by Gasteiger charge is -2.43. The zero-order chi connectivity index (χ0) is 28.1. The fourth-order valence-corrected chi connectivity index (χ4v) is 7.70. The van der Waals surface area contributed by atoms with Crippen molar-refractivity contribution in [1.82, 2.24) is 29.6 Å². The number of nitrogens with one attached hydrogen (secondary N) is 3. The molecular weight excluding hydrogens is 564 g/mol. The number of rotatable bonds is 6. The van der Waals surface area contributed by atoms with Crippen LogP contribution in [-0.2, 0) is 17.4 Å². The summed E-state index contributed by atoms with van der Waals surface area (Å²) in [5.74, 6) is 1.41. The molecule has 1 fully saturated rings. The summed E-state index contributed by atoms with van der Waals surface area (Å²) in [6.45, 7) is 7.74. The molecule has 12 heteroatoms. The number of nitrogens with zero attached hydrogens (tertiary/aromatic N) is 5. The number of imidazole rings is 1. The van der Waals surface area contributed by atoms with Gasteiger partial charge in [-0.05, 0) is 62.6 Å². The number of benzene rings is 1. The van der Waals surface area contributed by atoms with Crippen LogP contribution in [0.4, 0.5) is 11.8 Å². The van der Waals surface area contributed by atoms with Crippen LogP contribution in [0.1, 0.15) is 50.8 Å². The van der Waals surface area contributed by atoms with E-state index in [0.717, 1.165) is 48.2 Å². The predicted molar refractivity (Wildman–Crippen MR) is 162 cm³/mol. The van der Waals surface area contributed by atoms with Crippen molar-refractivity contribution in [3.8, 4) is 0 Å². The van der Waals surface area contributed by atoms with Crippen LogP contribution in [0, 0.1) is 5.41 Å². The average molecular weight is 597 g/mol. The van der Waals surface area contributed by atoms with Gasteiger partial charge >= 0.3 is 0 Å². The van der Waals surface area contributed by atoms with E-state index in [9.17, 15) is 4.21 Å². The first-order valence-electron chi connectivity index (χ1n) is 13.4. The monoisotopic (exact) mass is 596 g/mol. The molecule has 3 N–H and O–H groups in total. The molecule has 1 saturated heterocycles. The second-order valence-electron chi connectivity index (χ2n) is 11.4. The lowest BCUT2D eigenvalue weighted by molar-refractivity contribution is 0.177. The molecule has 1 spiro atoms. The minimum absolute atomic E-state index is 0.0173. The van der Waals surface area contributed by atoms with Gasteiger partial charge in [0.2, 0.25) is 5.95 Å². The Morgan fingerprint density at radius 3 is 2.67 bits per heavy atom. The molecule has 0 amide bonds. The Hall–Kier alpha value is -2.73. The molecule has 3 aromatic heterocycles. The number of H-pyrrole nitrogens is 1. The van der Waals surface area contributed by atoms with Gasteiger partial charge in [0.25, 0.3) is 0 Å². The van der Waals surface area contributed by atoms with Crippen molar-refractivity contribution in [1.29, 1.82) is 0 Å². The predicted octanol–water partition coefficient (Wildman–Crippen LogP) is 5.53. The standard InChI is InChI=1S/C28H33ClN8OS2/c1-27(2,3)40(38)36-22-18-8-6-5-7-17(18)15-28(22)10-13-37(14-11-28)26-34-24-25(35-26)33-20(16-32-24)39-19-9-12-31-23(30-4)21(19)29/h5-9,12,16,22,36H,10-11,13-15H2,1-4H3,(H,30,31)(H,32,33,34,35)/t22-,40-/m1/s1. The molecule has 6 rings (SSSR count). The van der Waals surface area contributed by atoms with Gasteiger partial charge in [-0.3, -0.25) is 0 Å². The van der Waals surface area contributed by atoms with Gasteiger partial charge in [-0.1, -0.05) is 47.6 Å². The highest BCUT2D eigenvalue weighted by atomic mass is 35.5. The summed E-state index contributed by atoms with van der Waals surface area (Å²) in [4.78, 5) is 24.8. The van der Waals surface area contributed by atoms with Crippen molar-refractivity contribution >= 4 is 57.4 Å². The smallest absolute Gasteiger partial charge is 0.206 e. The van der Waals surface area contributed by atoms with Crippen LogP contribution in [0.15, 0.2) is 52.6 Å². The molecule has 40 heavy (non-hydrogen) atoms. The van der Waals surface area contributed by atoms with Gasteiger partial charge in [0.15, 0.2) is 11.3 Å². The van der Waals surface area contributed by atoms with Crippen molar-refractivity contribution in [3.63, 3.8) is 0 Å². The number of fused-ring (bicyclic) bond motifs is 2. The number of piperidine rings is 1. The van der Waals surface area contributed by atoms with Gasteiger partial charge in [-0.15, -0.1) is 0 Å². The summed E-state index contributed by atoms with van der Waals surface area (Å²) in [5.41, 5.74) is 3.89. The molecule has 1 aromatic carbocycles. The minimum Gasteiger partial charge on any atom is -0.372 e. The Morgan fingerprint density at radius 2 is 1.93 bits per heavy atom. The van der Waals surface area contributed by atoms with Crippen molar-refractivity contribution in [2.75, 3.05) is 30.4 Å². The third-order valence-electron chi connectivity index (χ3n) is 7.84. The molecule has 2 aliphatic rings. The van der Waals surface area contributed by atoms with E-state index in [-0.39, 0.29) is 16.2 Å². The highest BCUT2D eigenvalue weighted by molar-refractivity contribution is 7.99. The number of aromatic amines is 1. The molecule has 0 bridgehead atoms. The maximum Gasteiger partial charge on any atom is 0.206 e. The van der Waals surface area contributed by atoms with Crippen molar-refractivity contribution in [2.24, 2.45) is 5.41 Å². The van der Waals surface area contributed by atoms with Crippen LogP contribution in [-0.4, -0.2) is 54.0 Å². The summed E-state index contributed by atoms with van der Waals surface area (Å²) in [6.07, 6.45) is 6.36. The zero-order valence-corrected chi connectivity index (χ0v) is 25.4. The fraction of sp³-hybridized carbons (Fsp3) is 0.429. The number of pyridine rings is 1. The fourth-order valence-electron chi connectivity index (χ4n) is 5.65. The Bertz CT molecular complexity index is 1580. The summed E-state index contributed by atoms with van der Waals surface area (Å²) < 4.78 is 16.4. The Kier molecular flexibility index (Phi) is 7.27. The molecule has 0 unspecified atom stereocenters. The van der Waals surface area contributed by atoms with Gasteiger partial charge < -0.3 is 15.2 Å². The molecule has 9 nitrogen and oxygen atoms in total. The maximum atomic E-state index is 13.2. The summed E-state index contributed by atoms with van der Waals surface area (Å²) in [6, 6.07) is 10.5. The van der Waals surface area contributed by atoms with Crippen molar-refractivity contribution < 1.29 is 4.21 Å². The third-order valence-corrected chi connectivity index (χ3v) is 10.9. The Morgan fingerprint density at radius 1 is 1.15 bits per heavy atom. The topological polar surface area (TPSA) is 112 Å². The first kappa shape index (κ1) is 27.4. The number of anilines is 2. The highest BCUT2D eigenvalue weighted by Crippen LogP contribution is 2.52. The zero-order valence-electron chi connectivity index (χ0n) is 23.0. The van der Waals surface area contributed by atoms with E-state index in [0.29, 0.717) is 22.1 Å². The number of hydrogen-bond donors (Lipinski definition) is 3. The van der Waals surface area contributed by atoms with Crippen LogP contribution in [0.25, 0.3) is 11.3 Å². The Balaban J connectivity index is 1.20. The molecule has 1 aliphatic heterocycles. The minimum atomic E-state index is -1.15. The molecule has 0 saturated carbocycles. The second kappa shape index (κ2) is 10.6. The van der Waals surface area contributed by atoms with Crippen LogP contribution in [0.3, 0.4) is 0 Å². The van der Waals surface area contributed by atoms with E-state index in [1.54, 1.807) is 19.4 Å². The lowest BCUT2D eigenvalue weighted by Crippen LogP contribution is -2.48. The lowest BCUT2D eigenvalue weighted by atomic mass is 9.73. The molecular formula is C28H33ClN8OS2. The summed E-state index contributed by atoms with van der Waals surface area (Å²) in [5, 5.41) is 4.27. The van der Waals surface area contributed by atoms with Crippen molar-refractivity contribution in [3.05, 3.63) is 58.9 Å². The molecule has 210 valence electrons. The highest BCUT2D eigenvalue weighted by Gasteiger charge is 2.49. The molecule has 0 radical (unpaired) electrons. The normalized spacial score (nSPS) is 19.2. The number of halogens is 1. The van der Waals surface area contributed by atoms with Gasteiger partial charge in [0.05, 0.1) is 33.0 Å². The van der Waals surface area contributed by atoms with Gasteiger partial charge in [0, 0.05) is 31.2 Å². The molecule has 2 atom stereocenters. The van der Waals surface area contributed by atoms with Gasteiger partial charge in [-0.2, -0.15) is 4.98 Å². The van der Waals surface area contributed by atoms with Crippen LogP contribution >= 0.6 is 23.4 Å². The number of aromatic nitrogens is 5. The summed E-state index contributed by atoms with van der Waals surface area (Å²) >= 11 is 7.92. The van der Waals surface area contributed by atoms with E-state index in [2.05, 4.69) is 54.2 Å². The SMILES string of the molecule is CNc1nccc(Sc2cnc3nc(N4CCC5(CC4)Cc4ccccc4[C@H]5N[S@](=O)C(C)(C)C)[nH]c3n2)c1Cl. The molecule has 1 aliphatic carbocycles. The largest absolute Gasteiger partial charge is 0.372 e. The maximum absolute atomic E-state index is 13.2. The van der Waals surface area contributed by atoms with E-state index >= 15 is 0 Å². The molecule has 4 heterocycles. The van der Waals surface area contributed by atoms with Gasteiger partial charge in [0.1, 0.15) is 10.8 Å². The van der Waals surface area contributed by atoms with Crippen LogP contribution < -0.4 is 14.9 Å². The van der Waals surface area contributed by atoms with Gasteiger partial charge in [-0.25, -0.2) is 23.9 Å². The summed E-state index contributed by atoms with van der Waals surface area (Å²) in [7, 11) is 0.636. The van der Waals surface area contributed by atoms with Crippen molar-refractivity contribution in [2.45, 2.75) is 60.7 Å². The average Bonchev–Trinajstić information content (AvgIpc) is 3.49. The van der Waals surface area contributed by atoms with E-state index in [4.69, 9.17) is 21.6 Å². The van der Waals surface area contributed by atoms with E-state index < -0.39 is 11.0 Å². The van der Waals surface area contributed by atoms with Crippen LogP contribution in [0.2, 0.25) is 5.02 Å².